The monoisotopic (exact) mass is 300 g/mol. The van der Waals surface area contributed by atoms with Crippen molar-refractivity contribution in [2.45, 2.75) is 38.5 Å². The third-order valence-electron chi connectivity index (χ3n) is 3.58. The van der Waals surface area contributed by atoms with Gasteiger partial charge in [-0.2, -0.15) is 0 Å². The topological polar surface area (TPSA) is 42.0 Å². The molecule has 2 rings (SSSR count). The molecule has 0 atom stereocenters. The maximum Gasteiger partial charge on any atom is 0.271 e. The van der Waals surface area contributed by atoms with Crippen molar-refractivity contribution in [3.8, 4) is 0 Å². The number of hydrogen-bond acceptors (Lipinski definition) is 2. The van der Waals surface area contributed by atoms with E-state index in [9.17, 15) is 4.79 Å². The summed E-state index contributed by atoms with van der Waals surface area (Å²) in [6.45, 7) is 0.667. The second-order valence-electron chi connectivity index (χ2n) is 5.01. The molecule has 1 heterocycles. The molecule has 104 valence electrons. The highest BCUT2D eigenvalue weighted by Gasteiger charge is 2.15. The predicted molar refractivity (Wildman–Crippen MR) is 77.8 cm³/mol. The molecule has 1 aromatic rings. The molecule has 19 heavy (non-hydrogen) atoms. The lowest BCUT2D eigenvalue weighted by molar-refractivity contribution is 0.0947. The minimum Gasteiger partial charge on any atom is -0.351 e. The summed E-state index contributed by atoms with van der Waals surface area (Å²) in [5.74, 6) is 0.601. The van der Waals surface area contributed by atoms with Crippen LogP contribution in [-0.2, 0) is 0 Å². The van der Waals surface area contributed by atoms with Crippen LogP contribution in [0.15, 0.2) is 12.1 Å². The fourth-order valence-electron chi connectivity index (χ4n) is 2.55. The number of pyridine rings is 1. The molecular weight excluding hydrogens is 283 g/mol. The van der Waals surface area contributed by atoms with Gasteiger partial charge in [-0.05, 0) is 30.9 Å². The van der Waals surface area contributed by atoms with E-state index in [1.54, 1.807) is 12.1 Å². The van der Waals surface area contributed by atoms with Crippen molar-refractivity contribution in [2.24, 2.45) is 5.92 Å². The van der Waals surface area contributed by atoms with E-state index in [4.69, 9.17) is 23.2 Å². The fourth-order valence-corrected chi connectivity index (χ4v) is 2.89. The van der Waals surface area contributed by atoms with Gasteiger partial charge in [0.05, 0.1) is 5.02 Å². The molecule has 0 unspecified atom stereocenters. The van der Waals surface area contributed by atoms with E-state index in [-0.39, 0.29) is 16.8 Å². The molecule has 0 aromatic carbocycles. The number of amides is 1. The van der Waals surface area contributed by atoms with Crippen molar-refractivity contribution in [3.05, 3.63) is 28.0 Å². The molecule has 1 aromatic heterocycles. The summed E-state index contributed by atoms with van der Waals surface area (Å²) in [4.78, 5) is 15.8. The molecule has 1 aliphatic carbocycles. The van der Waals surface area contributed by atoms with E-state index in [0.717, 1.165) is 12.3 Å². The van der Waals surface area contributed by atoms with Crippen LogP contribution in [-0.4, -0.2) is 17.4 Å². The van der Waals surface area contributed by atoms with Gasteiger partial charge in [0.2, 0.25) is 0 Å². The summed E-state index contributed by atoms with van der Waals surface area (Å²) < 4.78 is 0. The van der Waals surface area contributed by atoms with Crippen molar-refractivity contribution in [1.29, 1.82) is 0 Å². The van der Waals surface area contributed by atoms with Crippen LogP contribution >= 0.6 is 23.2 Å². The van der Waals surface area contributed by atoms with Gasteiger partial charge in [-0.15, -0.1) is 0 Å². The Balaban J connectivity index is 1.75. The molecule has 0 spiro atoms. The minimum absolute atomic E-state index is 0.204. The SMILES string of the molecule is O=C(NCCCC1CCCC1)c1nc(Cl)ccc1Cl. The van der Waals surface area contributed by atoms with E-state index in [2.05, 4.69) is 10.3 Å². The second kappa shape index (κ2) is 7.11. The van der Waals surface area contributed by atoms with Gasteiger partial charge in [-0.25, -0.2) is 4.98 Å². The highest BCUT2D eigenvalue weighted by Crippen LogP contribution is 2.28. The first-order chi connectivity index (χ1) is 9.16. The van der Waals surface area contributed by atoms with Gasteiger partial charge in [0.25, 0.3) is 5.91 Å². The second-order valence-corrected chi connectivity index (χ2v) is 5.81. The number of aromatic nitrogens is 1. The van der Waals surface area contributed by atoms with E-state index in [1.165, 1.54) is 32.1 Å². The summed E-state index contributed by atoms with van der Waals surface area (Å²) in [6, 6.07) is 3.16. The van der Waals surface area contributed by atoms with Crippen LogP contribution in [0.1, 0.15) is 49.0 Å². The maximum absolute atomic E-state index is 11.9. The van der Waals surface area contributed by atoms with Gasteiger partial charge < -0.3 is 5.32 Å². The van der Waals surface area contributed by atoms with Crippen molar-refractivity contribution < 1.29 is 4.79 Å². The van der Waals surface area contributed by atoms with Crippen LogP contribution in [0.3, 0.4) is 0 Å². The lowest BCUT2D eigenvalue weighted by Crippen LogP contribution is -2.26. The highest BCUT2D eigenvalue weighted by molar-refractivity contribution is 6.34. The van der Waals surface area contributed by atoms with Crippen LogP contribution in [0.5, 0.6) is 0 Å². The summed E-state index contributed by atoms with van der Waals surface area (Å²) in [5.41, 5.74) is 0.204. The van der Waals surface area contributed by atoms with Gasteiger partial charge in [-0.3, -0.25) is 4.79 Å². The number of nitrogens with one attached hydrogen (secondary N) is 1. The molecule has 5 heteroatoms. The van der Waals surface area contributed by atoms with Crippen molar-refractivity contribution in [2.75, 3.05) is 6.54 Å². The molecule has 0 radical (unpaired) electrons. The molecule has 1 N–H and O–H groups in total. The zero-order chi connectivity index (χ0) is 13.7. The summed E-state index contributed by atoms with van der Waals surface area (Å²) in [6.07, 6.45) is 7.61. The van der Waals surface area contributed by atoms with Crippen molar-refractivity contribution in [1.82, 2.24) is 10.3 Å². The summed E-state index contributed by atoms with van der Waals surface area (Å²) in [7, 11) is 0. The van der Waals surface area contributed by atoms with Gasteiger partial charge >= 0.3 is 0 Å². The lowest BCUT2D eigenvalue weighted by Gasteiger charge is -2.09. The molecule has 3 nitrogen and oxygen atoms in total. The van der Waals surface area contributed by atoms with Crippen LogP contribution in [0, 0.1) is 5.92 Å². The average Bonchev–Trinajstić information content (AvgIpc) is 2.90. The Kier molecular flexibility index (Phi) is 5.46. The van der Waals surface area contributed by atoms with Gasteiger partial charge in [0, 0.05) is 6.54 Å². The first-order valence-corrected chi connectivity index (χ1v) is 7.52. The number of hydrogen-bond donors (Lipinski definition) is 1. The van der Waals surface area contributed by atoms with E-state index in [1.807, 2.05) is 0 Å². The highest BCUT2D eigenvalue weighted by atomic mass is 35.5. The quantitative estimate of drug-likeness (QED) is 0.657. The molecule has 0 bridgehead atoms. The van der Waals surface area contributed by atoms with E-state index >= 15 is 0 Å². The third kappa shape index (κ3) is 4.36. The Morgan fingerprint density at radius 1 is 1.32 bits per heavy atom. The maximum atomic E-state index is 11.9. The van der Waals surface area contributed by atoms with Crippen molar-refractivity contribution in [3.63, 3.8) is 0 Å². The number of halogens is 2. The normalized spacial score (nSPS) is 15.7. The van der Waals surface area contributed by atoms with E-state index in [0.29, 0.717) is 11.6 Å². The Labute approximate surface area is 123 Å². The number of carbonyl (C=O) groups is 1. The zero-order valence-electron chi connectivity index (χ0n) is 10.8. The fraction of sp³-hybridized carbons (Fsp3) is 0.571. The minimum atomic E-state index is -0.251. The largest absolute Gasteiger partial charge is 0.351 e. The predicted octanol–water partition coefficient (Wildman–Crippen LogP) is 4.09. The molecule has 0 saturated heterocycles. The molecule has 1 fully saturated rings. The van der Waals surface area contributed by atoms with Gasteiger partial charge in [0.1, 0.15) is 10.8 Å². The van der Waals surface area contributed by atoms with Crippen LogP contribution < -0.4 is 5.32 Å². The summed E-state index contributed by atoms with van der Waals surface area (Å²) >= 11 is 11.7. The smallest absolute Gasteiger partial charge is 0.271 e. The molecule has 1 saturated carbocycles. The standard InChI is InChI=1S/C14H18Cl2N2O/c15-11-7-8-12(16)18-13(11)14(19)17-9-3-6-10-4-1-2-5-10/h7-8,10H,1-6,9H2,(H,17,19). The average molecular weight is 301 g/mol. The molecule has 1 aliphatic rings. The third-order valence-corrected chi connectivity index (χ3v) is 4.09. The zero-order valence-corrected chi connectivity index (χ0v) is 12.3. The Morgan fingerprint density at radius 3 is 2.79 bits per heavy atom. The lowest BCUT2D eigenvalue weighted by atomic mass is 10.0. The van der Waals surface area contributed by atoms with E-state index < -0.39 is 0 Å². The van der Waals surface area contributed by atoms with Crippen LogP contribution in [0.25, 0.3) is 0 Å². The molecule has 1 amide bonds. The number of rotatable bonds is 5. The number of carbonyl (C=O) groups excluding carboxylic acids is 1. The Bertz CT molecular complexity index is 445. The van der Waals surface area contributed by atoms with Crippen LogP contribution in [0.4, 0.5) is 0 Å². The first kappa shape index (κ1) is 14.6. The van der Waals surface area contributed by atoms with Gasteiger partial charge in [0.15, 0.2) is 0 Å². The Hall–Kier alpha value is -0.800. The molecule has 0 aliphatic heterocycles. The van der Waals surface area contributed by atoms with Crippen LogP contribution in [0.2, 0.25) is 10.2 Å². The number of nitrogens with zero attached hydrogens (tertiary/aromatic N) is 1. The molecular formula is C14H18Cl2N2O. The summed E-state index contributed by atoms with van der Waals surface area (Å²) in [5, 5.41) is 3.46. The van der Waals surface area contributed by atoms with Crippen molar-refractivity contribution >= 4 is 29.1 Å². The Morgan fingerprint density at radius 2 is 2.05 bits per heavy atom. The van der Waals surface area contributed by atoms with Gasteiger partial charge in [-0.1, -0.05) is 48.9 Å². The first-order valence-electron chi connectivity index (χ1n) is 6.77.